The van der Waals surface area contributed by atoms with E-state index in [-0.39, 0.29) is 5.41 Å². The van der Waals surface area contributed by atoms with Crippen LogP contribution in [0.3, 0.4) is 0 Å². The molecular weight excluding hydrogens is 240 g/mol. The van der Waals surface area contributed by atoms with Crippen LogP contribution in [0, 0.1) is 17.3 Å². The van der Waals surface area contributed by atoms with E-state index in [2.05, 4.69) is 24.1 Å². The van der Waals surface area contributed by atoms with Crippen LogP contribution in [-0.4, -0.2) is 50.7 Å². The quantitative estimate of drug-likeness (QED) is 0.840. The Morgan fingerprint density at radius 1 is 1.42 bits per heavy atom. The van der Waals surface area contributed by atoms with Crippen molar-refractivity contribution in [2.75, 3.05) is 39.9 Å². The average molecular weight is 268 g/mol. The highest BCUT2D eigenvalue weighted by Crippen LogP contribution is 2.35. The molecule has 19 heavy (non-hydrogen) atoms. The Morgan fingerprint density at radius 2 is 2.21 bits per heavy atom. The van der Waals surface area contributed by atoms with Gasteiger partial charge in [-0.1, -0.05) is 13.8 Å². The van der Waals surface area contributed by atoms with Gasteiger partial charge in [-0.25, -0.2) is 0 Å². The molecule has 2 unspecified atom stereocenters. The minimum Gasteiger partial charge on any atom is -0.384 e. The zero-order valence-electron chi connectivity index (χ0n) is 12.6. The van der Waals surface area contributed by atoms with E-state index in [0.717, 1.165) is 39.2 Å². The van der Waals surface area contributed by atoms with Crippen LogP contribution in [0.2, 0.25) is 0 Å². The van der Waals surface area contributed by atoms with Gasteiger partial charge in [0, 0.05) is 31.5 Å². The number of piperidine rings is 1. The van der Waals surface area contributed by atoms with E-state index in [1.165, 1.54) is 12.8 Å². The SMILES string of the molecule is COCC1CCN(C(=O)C(C)(C)C2CCCNC2)C1. The van der Waals surface area contributed by atoms with Gasteiger partial charge in [-0.15, -0.1) is 0 Å². The number of rotatable bonds is 4. The lowest BCUT2D eigenvalue weighted by atomic mass is 9.74. The molecule has 0 aliphatic carbocycles. The summed E-state index contributed by atoms with van der Waals surface area (Å²) < 4.78 is 5.21. The number of nitrogens with zero attached hydrogens (tertiary/aromatic N) is 1. The number of likely N-dealkylation sites (tertiary alicyclic amines) is 1. The summed E-state index contributed by atoms with van der Waals surface area (Å²) in [4.78, 5) is 14.8. The van der Waals surface area contributed by atoms with Gasteiger partial charge < -0.3 is 15.0 Å². The largest absolute Gasteiger partial charge is 0.384 e. The normalized spacial score (nSPS) is 28.7. The minimum atomic E-state index is -0.241. The molecule has 2 rings (SSSR count). The smallest absolute Gasteiger partial charge is 0.228 e. The molecule has 0 aromatic rings. The third-order valence-corrected chi connectivity index (χ3v) is 4.84. The monoisotopic (exact) mass is 268 g/mol. The molecule has 0 bridgehead atoms. The number of nitrogens with one attached hydrogen (secondary N) is 1. The summed E-state index contributed by atoms with van der Waals surface area (Å²) >= 11 is 0. The van der Waals surface area contributed by atoms with Gasteiger partial charge in [0.15, 0.2) is 0 Å². The van der Waals surface area contributed by atoms with Crippen LogP contribution < -0.4 is 5.32 Å². The zero-order chi connectivity index (χ0) is 13.9. The first-order valence-electron chi connectivity index (χ1n) is 7.54. The summed E-state index contributed by atoms with van der Waals surface area (Å²) in [7, 11) is 1.74. The molecule has 2 aliphatic rings. The first kappa shape index (κ1) is 14.8. The highest BCUT2D eigenvalue weighted by molar-refractivity contribution is 5.82. The average Bonchev–Trinajstić information content (AvgIpc) is 2.88. The maximum atomic E-state index is 12.8. The third-order valence-electron chi connectivity index (χ3n) is 4.84. The summed E-state index contributed by atoms with van der Waals surface area (Å²) in [6, 6.07) is 0. The lowest BCUT2D eigenvalue weighted by Crippen LogP contribution is -2.48. The van der Waals surface area contributed by atoms with Crippen molar-refractivity contribution in [1.82, 2.24) is 10.2 Å². The lowest BCUT2D eigenvalue weighted by molar-refractivity contribution is -0.142. The van der Waals surface area contributed by atoms with Gasteiger partial charge in [-0.05, 0) is 38.3 Å². The highest BCUT2D eigenvalue weighted by Gasteiger charge is 2.41. The second-order valence-corrected chi connectivity index (χ2v) is 6.63. The van der Waals surface area contributed by atoms with Gasteiger partial charge in [0.05, 0.1) is 6.61 Å². The molecule has 1 N–H and O–H groups in total. The van der Waals surface area contributed by atoms with E-state index in [9.17, 15) is 4.79 Å². The van der Waals surface area contributed by atoms with E-state index in [1.807, 2.05) is 0 Å². The fraction of sp³-hybridized carbons (Fsp3) is 0.933. The number of amides is 1. The first-order valence-corrected chi connectivity index (χ1v) is 7.54. The number of hydrogen-bond donors (Lipinski definition) is 1. The van der Waals surface area contributed by atoms with Crippen molar-refractivity contribution in [3.05, 3.63) is 0 Å². The van der Waals surface area contributed by atoms with Crippen molar-refractivity contribution < 1.29 is 9.53 Å². The molecule has 2 fully saturated rings. The summed E-state index contributed by atoms with van der Waals surface area (Å²) in [5, 5.41) is 3.42. The van der Waals surface area contributed by atoms with Crippen LogP contribution in [0.5, 0.6) is 0 Å². The standard InChI is InChI=1S/C15H28N2O2/c1-15(2,13-5-4-7-16-9-13)14(18)17-8-6-12(10-17)11-19-3/h12-13,16H,4-11H2,1-3H3. The Bertz CT molecular complexity index is 311. The topological polar surface area (TPSA) is 41.6 Å². The second-order valence-electron chi connectivity index (χ2n) is 6.63. The van der Waals surface area contributed by atoms with Gasteiger partial charge in [0.1, 0.15) is 0 Å². The van der Waals surface area contributed by atoms with Crippen molar-refractivity contribution in [2.45, 2.75) is 33.1 Å². The van der Waals surface area contributed by atoms with Crippen molar-refractivity contribution in [3.8, 4) is 0 Å². The second kappa shape index (κ2) is 6.23. The van der Waals surface area contributed by atoms with E-state index in [0.29, 0.717) is 17.7 Å². The number of hydrogen-bond acceptors (Lipinski definition) is 3. The Hall–Kier alpha value is -0.610. The predicted octanol–water partition coefficient (Wildman–Crippen LogP) is 1.51. The summed E-state index contributed by atoms with van der Waals surface area (Å²) in [6.45, 7) is 8.86. The Morgan fingerprint density at radius 3 is 2.84 bits per heavy atom. The van der Waals surface area contributed by atoms with Crippen LogP contribution in [0.4, 0.5) is 0 Å². The molecule has 4 heteroatoms. The predicted molar refractivity (Wildman–Crippen MR) is 75.9 cm³/mol. The maximum Gasteiger partial charge on any atom is 0.228 e. The number of carbonyl (C=O) groups excluding carboxylic acids is 1. The van der Waals surface area contributed by atoms with Crippen molar-refractivity contribution >= 4 is 5.91 Å². The van der Waals surface area contributed by atoms with Gasteiger partial charge >= 0.3 is 0 Å². The van der Waals surface area contributed by atoms with Crippen molar-refractivity contribution in [2.24, 2.45) is 17.3 Å². The van der Waals surface area contributed by atoms with Crippen LogP contribution >= 0.6 is 0 Å². The summed E-state index contributed by atoms with van der Waals surface area (Å²) in [6.07, 6.45) is 3.44. The van der Waals surface area contributed by atoms with Gasteiger partial charge in [0.2, 0.25) is 5.91 Å². The van der Waals surface area contributed by atoms with Crippen LogP contribution in [0.1, 0.15) is 33.1 Å². The van der Waals surface area contributed by atoms with Gasteiger partial charge in [-0.3, -0.25) is 4.79 Å². The highest BCUT2D eigenvalue weighted by atomic mass is 16.5. The molecule has 0 aromatic carbocycles. The molecule has 0 saturated carbocycles. The Kier molecular flexibility index (Phi) is 4.85. The molecule has 0 aromatic heterocycles. The molecule has 0 spiro atoms. The van der Waals surface area contributed by atoms with Crippen LogP contribution in [0.25, 0.3) is 0 Å². The molecule has 4 nitrogen and oxygen atoms in total. The van der Waals surface area contributed by atoms with Crippen LogP contribution in [0.15, 0.2) is 0 Å². The number of methoxy groups -OCH3 is 1. The van der Waals surface area contributed by atoms with E-state index in [1.54, 1.807) is 7.11 Å². The van der Waals surface area contributed by atoms with Gasteiger partial charge in [-0.2, -0.15) is 0 Å². The van der Waals surface area contributed by atoms with Gasteiger partial charge in [0.25, 0.3) is 0 Å². The number of carbonyl (C=O) groups is 1. The minimum absolute atomic E-state index is 0.241. The fourth-order valence-corrected chi connectivity index (χ4v) is 3.44. The van der Waals surface area contributed by atoms with Crippen LogP contribution in [-0.2, 0) is 9.53 Å². The molecule has 1 amide bonds. The van der Waals surface area contributed by atoms with E-state index >= 15 is 0 Å². The summed E-state index contributed by atoms with van der Waals surface area (Å²) in [5.74, 6) is 1.32. The van der Waals surface area contributed by atoms with Crippen molar-refractivity contribution in [1.29, 1.82) is 0 Å². The van der Waals surface area contributed by atoms with E-state index in [4.69, 9.17) is 4.74 Å². The molecule has 2 aliphatic heterocycles. The lowest BCUT2D eigenvalue weighted by Gasteiger charge is -2.38. The van der Waals surface area contributed by atoms with Crippen molar-refractivity contribution in [3.63, 3.8) is 0 Å². The van der Waals surface area contributed by atoms with E-state index < -0.39 is 0 Å². The maximum absolute atomic E-state index is 12.8. The Labute approximate surface area is 116 Å². The fourth-order valence-electron chi connectivity index (χ4n) is 3.44. The molecule has 2 heterocycles. The molecule has 2 saturated heterocycles. The molecule has 110 valence electrons. The first-order chi connectivity index (χ1) is 9.05. The molecule has 2 atom stereocenters. The third kappa shape index (κ3) is 3.29. The molecule has 0 radical (unpaired) electrons. The zero-order valence-corrected chi connectivity index (χ0v) is 12.6. The summed E-state index contributed by atoms with van der Waals surface area (Å²) in [5.41, 5.74) is -0.241. The Balaban J connectivity index is 1.94. The molecular formula is C15H28N2O2. The number of ether oxygens (including phenoxy) is 1.